The van der Waals surface area contributed by atoms with Crippen LogP contribution in [-0.4, -0.2) is 37.6 Å². The predicted octanol–water partition coefficient (Wildman–Crippen LogP) is 3.91. The Hall–Kier alpha value is -0.0800. The van der Waals surface area contributed by atoms with Gasteiger partial charge in [-0.3, -0.25) is 0 Å². The highest BCUT2D eigenvalue weighted by molar-refractivity contribution is 4.94. The molecular weight excluding hydrogens is 244 g/mol. The highest BCUT2D eigenvalue weighted by Gasteiger charge is 2.38. The van der Waals surface area contributed by atoms with Gasteiger partial charge in [0.1, 0.15) is 0 Å². The van der Waals surface area contributed by atoms with Crippen molar-refractivity contribution < 1.29 is 0 Å². The molecular formula is C18H36N2. The third-order valence-electron chi connectivity index (χ3n) is 6.54. The molecule has 0 aliphatic heterocycles. The van der Waals surface area contributed by atoms with Gasteiger partial charge in [0.2, 0.25) is 0 Å². The molecule has 2 saturated carbocycles. The second-order valence-electron chi connectivity index (χ2n) is 8.05. The Bertz CT molecular complexity index is 296. The Kier molecular flexibility index (Phi) is 5.53. The molecule has 2 aliphatic carbocycles. The van der Waals surface area contributed by atoms with Crippen LogP contribution in [-0.2, 0) is 0 Å². The largest absolute Gasteiger partial charge is 0.315 e. The van der Waals surface area contributed by atoms with Crippen molar-refractivity contribution in [2.24, 2.45) is 17.3 Å². The number of nitrogens with zero attached hydrogens (tertiary/aromatic N) is 1. The minimum Gasteiger partial charge on any atom is -0.315 e. The molecule has 0 saturated heterocycles. The van der Waals surface area contributed by atoms with E-state index in [0.29, 0.717) is 11.5 Å². The number of nitrogens with one attached hydrogen (secondary N) is 1. The van der Waals surface area contributed by atoms with Gasteiger partial charge in [-0.2, -0.15) is 0 Å². The summed E-state index contributed by atoms with van der Waals surface area (Å²) in [6.45, 7) is 8.63. The third-order valence-corrected chi connectivity index (χ3v) is 6.54. The highest BCUT2D eigenvalue weighted by Crippen LogP contribution is 2.42. The predicted molar refractivity (Wildman–Crippen MR) is 88.0 cm³/mol. The van der Waals surface area contributed by atoms with Crippen LogP contribution in [0.3, 0.4) is 0 Å². The van der Waals surface area contributed by atoms with E-state index in [9.17, 15) is 0 Å². The Morgan fingerprint density at radius 3 is 2.35 bits per heavy atom. The lowest BCUT2D eigenvalue weighted by Crippen LogP contribution is -2.53. The Labute approximate surface area is 126 Å². The van der Waals surface area contributed by atoms with Crippen molar-refractivity contribution >= 4 is 0 Å². The SMILES string of the molecule is CCC(C)(C)C1CCC(NC)C(N(C)CC2CCC2)C1. The van der Waals surface area contributed by atoms with Crippen molar-refractivity contribution in [1.82, 2.24) is 10.2 Å². The lowest BCUT2D eigenvalue weighted by Gasteiger charge is -2.47. The zero-order chi connectivity index (χ0) is 14.8. The fourth-order valence-electron chi connectivity index (χ4n) is 4.19. The number of likely N-dealkylation sites (N-methyl/N-ethyl adjacent to an activating group) is 2. The molecule has 0 heterocycles. The van der Waals surface area contributed by atoms with Crippen LogP contribution in [0.15, 0.2) is 0 Å². The molecule has 3 atom stereocenters. The molecule has 3 unspecified atom stereocenters. The van der Waals surface area contributed by atoms with Crippen LogP contribution in [0.4, 0.5) is 0 Å². The average Bonchev–Trinajstić information content (AvgIpc) is 2.41. The van der Waals surface area contributed by atoms with E-state index in [-0.39, 0.29) is 0 Å². The molecule has 118 valence electrons. The molecule has 2 fully saturated rings. The molecule has 0 amide bonds. The summed E-state index contributed by atoms with van der Waals surface area (Å²) < 4.78 is 0. The van der Waals surface area contributed by atoms with E-state index in [1.165, 1.54) is 51.5 Å². The zero-order valence-corrected chi connectivity index (χ0v) is 14.4. The highest BCUT2D eigenvalue weighted by atomic mass is 15.2. The van der Waals surface area contributed by atoms with Crippen LogP contribution in [0.1, 0.15) is 65.7 Å². The third kappa shape index (κ3) is 3.57. The number of hydrogen-bond acceptors (Lipinski definition) is 2. The van der Waals surface area contributed by atoms with Crippen LogP contribution in [0.2, 0.25) is 0 Å². The topological polar surface area (TPSA) is 15.3 Å². The molecule has 20 heavy (non-hydrogen) atoms. The normalized spacial score (nSPS) is 32.4. The minimum atomic E-state index is 0.508. The van der Waals surface area contributed by atoms with Crippen molar-refractivity contribution in [1.29, 1.82) is 0 Å². The van der Waals surface area contributed by atoms with Gasteiger partial charge in [-0.15, -0.1) is 0 Å². The van der Waals surface area contributed by atoms with E-state index < -0.39 is 0 Å². The van der Waals surface area contributed by atoms with Crippen LogP contribution < -0.4 is 5.32 Å². The first kappa shape index (κ1) is 16.3. The van der Waals surface area contributed by atoms with E-state index in [4.69, 9.17) is 0 Å². The summed E-state index contributed by atoms with van der Waals surface area (Å²) in [5.74, 6) is 1.88. The summed E-state index contributed by atoms with van der Waals surface area (Å²) in [6, 6.07) is 1.44. The molecule has 0 radical (unpaired) electrons. The second-order valence-corrected chi connectivity index (χ2v) is 8.05. The summed E-state index contributed by atoms with van der Waals surface area (Å²) >= 11 is 0. The summed E-state index contributed by atoms with van der Waals surface area (Å²) in [5.41, 5.74) is 0.508. The molecule has 0 bridgehead atoms. The standard InChI is InChI=1S/C18H36N2/c1-6-18(2,3)15-10-11-16(19-4)17(12-15)20(5)13-14-8-7-9-14/h14-17,19H,6-13H2,1-5H3. The number of hydrogen-bond donors (Lipinski definition) is 1. The first-order chi connectivity index (χ1) is 9.47. The average molecular weight is 280 g/mol. The molecule has 2 rings (SSSR count). The smallest absolute Gasteiger partial charge is 0.0249 e. The summed E-state index contributed by atoms with van der Waals surface area (Å²) in [6.07, 6.45) is 9.83. The van der Waals surface area contributed by atoms with Gasteiger partial charge in [-0.25, -0.2) is 0 Å². The fraction of sp³-hybridized carbons (Fsp3) is 1.00. The van der Waals surface area contributed by atoms with Gasteiger partial charge in [-0.05, 0) is 63.5 Å². The Balaban J connectivity index is 1.97. The summed E-state index contributed by atoms with van der Waals surface area (Å²) in [7, 11) is 4.52. The lowest BCUT2D eigenvalue weighted by atomic mass is 9.67. The van der Waals surface area contributed by atoms with E-state index >= 15 is 0 Å². The van der Waals surface area contributed by atoms with Crippen LogP contribution in [0.25, 0.3) is 0 Å². The molecule has 1 N–H and O–H groups in total. The fourth-order valence-corrected chi connectivity index (χ4v) is 4.19. The van der Waals surface area contributed by atoms with E-state index in [1.54, 1.807) is 0 Å². The van der Waals surface area contributed by atoms with Gasteiger partial charge in [0.25, 0.3) is 0 Å². The van der Waals surface area contributed by atoms with E-state index in [0.717, 1.165) is 17.9 Å². The Morgan fingerprint density at radius 2 is 1.85 bits per heavy atom. The molecule has 0 spiro atoms. The van der Waals surface area contributed by atoms with Gasteiger partial charge in [0.05, 0.1) is 0 Å². The van der Waals surface area contributed by atoms with Crippen molar-refractivity contribution in [2.45, 2.75) is 77.8 Å². The summed E-state index contributed by atoms with van der Waals surface area (Å²) in [5, 5.41) is 3.59. The zero-order valence-electron chi connectivity index (χ0n) is 14.4. The van der Waals surface area contributed by atoms with Crippen LogP contribution >= 0.6 is 0 Å². The van der Waals surface area contributed by atoms with Crippen molar-refractivity contribution in [2.75, 3.05) is 20.6 Å². The molecule has 2 heteroatoms. The second kappa shape index (κ2) is 6.79. The van der Waals surface area contributed by atoms with Gasteiger partial charge in [0.15, 0.2) is 0 Å². The molecule has 2 aliphatic rings. The maximum absolute atomic E-state index is 3.59. The quantitative estimate of drug-likeness (QED) is 0.793. The monoisotopic (exact) mass is 280 g/mol. The van der Waals surface area contributed by atoms with Gasteiger partial charge in [-0.1, -0.05) is 33.6 Å². The first-order valence-electron chi connectivity index (χ1n) is 8.85. The van der Waals surface area contributed by atoms with Gasteiger partial charge in [0, 0.05) is 18.6 Å². The number of rotatable bonds is 6. The van der Waals surface area contributed by atoms with E-state index in [1.807, 2.05) is 0 Å². The van der Waals surface area contributed by atoms with Gasteiger partial charge >= 0.3 is 0 Å². The lowest BCUT2D eigenvalue weighted by molar-refractivity contribution is 0.0500. The van der Waals surface area contributed by atoms with Crippen molar-refractivity contribution in [3.05, 3.63) is 0 Å². The van der Waals surface area contributed by atoms with Crippen molar-refractivity contribution in [3.8, 4) is 0 Å². The van der Waals surface area contributed by atoms with Crippen molar-refractivity contribution in [3.63, 3.8) is 0 Å². The maximum atomic E-state index is 3.59. The van der Waals surface area contributed by atoms with Crippen LogP contribution in [0.5, 0.6) is 0 Å². The van der Waals surface area contributed by atoms with Crippen LogP contribution in [0, 0.1) is 17.3 Å². The molecule has 0 aromatic carbocycles. The van der Waals surface area contributed by atoms with E-state index in [2.05, 4.69) is 45.1 Å². The molecule has 0 aromatic heterocycles. The first-order valence-corrected chi connectivity index (χ1v) is 8.85. The van der Waals surface area contributed by atoms with Gasteiger partial charge < -0.3 is 10.2 Å². The maximum Gasteiger partial charge on any atom is 0.0249 e. The Morgan fingerprint density at radius 1 is 1.15 bits per heavy atom. The molecule has 2 nitrogen and oxygen atoms in total. The summed E-state index contributed by atoms with van der Waals surface area (Å²) in [4.78, 5) is 2.68. The minimum absolute atomic E-state index is 0.508. The molecule has 0 aromatic rings.